The van der Waals surface area contributed by atoms with Crippen molar-refractivity contribution in [2.75, 3.05) is 0 Å². The average molecular weight is 342 g/mol. The molecule has 103 valence electrons. The smallest absolute Gasteiger partial charge is 1.00 e. The summed E-state index contributed by atoms with van der Waals surface area (Å²) in [6, 6.07) is 0. The molecule has 0 saturated carbocycles. The van der Waals surface area contributed by atoms with Gasteiger partial charge in [-0.25, -0.2) is 0 Å². The van der Waals surface area contributed by atoms with Crippen molar-refractivity contribution in [3.05, 3.63) is 21.6 Å². The van der Waals surface area contributed by atoms with Crippen molar-refractivity contribution in [2.24, 2.45) is 0 Å². The SMILES string of the molecule is CC(C1=[C]([Ti+2])CC=C1)[Si](C)(C)OC(C)(C)C.[Cl-].[Cl-]. The first-order chi connectivity index (χ1) is 7.13. The van der Waals surface area contributed by atoms with Crippen molar-refractivity contribution in [3.8, 4) is 0 Å². The van der Waals surface area contributed by atoms with Crippen LogP contribution < -0.4 is 24.8 Å². The Balaban J connectivity index is 0. The van der Waals surface area contributed by atoms with Gasteiger partial charge in [0.05, 0.1) is 0 Å². The van der Waals surface area contributed by atoms with E-state index >= 15 is 0 Å². The molecule has 0 aromatic rings. The monoisotopic (exact) mass is 341 g/mol. The standard InChI is InChI=1S/C13H23OSi.2ClH.Ti/c1-11(12-9-7-8-10-12)15(5,6)14-13(2,3)4;;;/h7,9,11H,8H2,1-6H3;2*1H;/q;;;+2/p-2. The van der Waals surface area contributed by atoms with Crippen LogP contribution in [0, 0.1) is 0 Å². The third-order valence-corrected chi connectivity index (χ3v) is 7.35. The second-order valence-electron chi connectivity index (χ2n) is 6.08. The molecule has 0 aliphatic heterocycles. The zero-order valence-electron chi connectivity index (χ0n) is 12.1. The molecule has 1 nitrogen and oxygen atoms in total. The summed E-state index contributed by atoms with van der Waals surface area (Å²) in [5, 5.41) is 0. The van der Waals surface area contributed by atoms with E-state index in [0.717, 1.165) is 6.42 Å². The zero-order chi connectivity index (χ0) is 12.6. The molecule has 5 heteroatoms. The third-order valence-electron chi connectivity index (χ3n) is 3.05. The van der Waals surface area contributed by atoms with Crippen LogP contribution in [0.1, 0.15) is 34.1 Å². The van der Waals surface area contributed by atoms with Gasteiger partial charge in [-0.15, -0.1) is 0 Å². The van der Waals surface area contributed by atoms with Gasteiger partial charge >= 0.3 is 113 Å². The van der Waals surface area contributed by atoms with Gasteiger partial charge in [-0.3, -0.25) is 0 Å². The predicted octanol–water partition coefficient (Wildman–Crippen LogP) is -1.83. The molecule has 0 spiro atoms. The Bertz CT molecular complexity index is 332. The van der Waals surface area contributed by atoms with Gasteiger partial charge in [0.2, 0.25) is 0 Å². The molecular formula is C13H23Cl2OSiTi. The number of allylic oxidation sites excluding steroid dienone is 4. The molecule has 1 aliphatic rings. The van der Waals surface area contributed by atoms with Crippen molar-refractivity contribution in [1.82, 2.24) is 0 Å². The molecule has 18 heavy (non-hydrogen) atoms. The Morgan fingerprint density at radius 3 is 2.11 bits per heavy atom. The van der Waals surface area contributed by atoms with Gasteiger partial charge in [0.1, 0.15) is 0 Å². The zero-order valence-corrected chi connectivity index (χ0v) is 16.2. The molecule has 0 saturated heterocycles. The minimum absolute atomic E-state index is 0. The summed E-state index contributed by atoms with van der Waals surface area (Å²) < 4.78 is 7.84. The van der Waals surface area contributed by atoms with E-state index in [4.69, 9.17) is 4.43 Å². The van der Waals surface area contributed by atoms with Gasteiger partial charge in [0.25, 0.3) is 0 Å². The minimum atomic E-state index is -1.66. The maximum Gasteiger partial charge on any atom is -1.00 e. The van der Waals surface area contributed by atoms with E-state index in [1.807, 2.05) is 0 Å². The molecule has 1 unspecified atom stereocenters. The van der Waals surface area contributed by atoms with Gasteiger partial charge in [0.15, 0.2) is 0 Å². The van der Waals surface area contributed by atoms with Gasteiger partial charge < -0.3 is 24.8 Å². The van der Waals surface area contributed by atoms with E-state index in [9.17, 15) is 0 Å². The fraction of sp³-hybridized carbons (Fsp3) is 0.692. The summed E-state index contributed by atoms with van der Waals surface area (Å²) in [7, 11) is -1.66. The van der Waals surface area contributed by atoms with Gasteiger partial charge in [0, 0.05) is 0 Å². The van der Waals surface area contributed by atoms with Crippen LogP contribution in [0.2, 0.25) is 18.6 Å². The summed E-state index contributed by atoms with van der Waals surface area (Å²) in [5.74, 6) is 0. The van der Waals surface area contributed by atoms with Crippen molar-refractivity contribution < 1.29 is 49.7 Å². The van der Waals surface area contributed by atoms with Crippen LogP contribution in [0.4, 0.5) is 0 Å². The first-order valence-electron chi connectivity index (χ1n) is 5.95. The molecular weight excluding hydrogens is 319 g/mol. The van der Waals surface area contributed by atoms with E-state index in [1.165, 1.54) is 9.45 Å². The number of halogens is 2. The fourth-order valence-electron chi connectivity index (χ4n) is 2.18. The van der Waals surface area contributed by atoms with Gasteiger partial charge in [-0.1, -0.05) is 0 Å². The average Bonchev–Trinajstić information content (AvgIpc) is 2.45. The van der Waals surface area contributed by atoms with Crippen molar-refractivity contribution in [2.45, 2.75) is 58.4 Å². The predicted molar refractivity (Wildman–Crippen MR) is 68.5 cm³/mol. The maximum absolute atomic E-state index is 6.32. The molecule has 0 radical (unpaired) electrons. The third kappa shape index (κ3) is 5.94. The number of hydrogen-bond acceptors (Lipinski definition) is 1. The van der Waals surface area contributed by atoms with Crippen molar-refractivity contribution >= 4 is 8.32 Å². The Morgan fingerprint density at radius 2 is 1.78 bits per heavy atom. The normalized spacial score (nSPS) is 17.3. The van der Waals surface area contributed by atoms with Crippen LogP contribution in [-0.4, -0.2) is 13.9 Å². The molecule has 0 aromatic heterocycles. The van der Waals surface area contributed by atoms with Crippen LogP contribution >= 0.6 is 0 Å². The molecule has 0 amide bonds. The number of rotatable bonds is 3. The van der Waals surface area contributed by atoms with E-state index in [-0.39, 0.29) is 30.4 Å². The summed E-state index contributed by atoms with van der Waals surface area (Å²) in [4.78, 5) is 0. The van der Waals surface area contributed by atoms with Crippen LogP contribution in [0.25, 0.3) is 0 Å². The molecule has 0 aromatic carbocycles. The molecule has 0 N–H and O–H groups in total. The minimum Gasteiger partial charge on any atom is -1.00 e. The Kier molecular flexibility index (Phi) is 9.04. The molecule has 0 bridgehead atoms. The van der Waals surface area contributed by atoms with Crippen LogP contribution in [-0.2, 0) is 24.9 Å². The van der Waals surface area contributed by atoms with Crippen molar-refractivity contribution in [1.29, 1.82) is 0 Å². The molecule has 1 atom stereocenters. The Labute approximate surface area is 137 Å². The summed E-state index contributed by atoms with van der Waals surface area (Å²) in [6.07, 6.45) is 5.68. The van der Waals surface area contributed by atoms with E-state index in [0.29, 0.717) is 5.54 Å². The molecule has 0 heterocycles. The first kappa shape index (κ1) is 21.3. The van der Waals surface area contributed by atoms with Crippen LogP contribution in [0.5, 0.6) is 0 Å². The van der Waals surface area contributed by atoms with E-state index < -0.39 is 8.32 Å². The van der Waals surface area contributed by atoms with Gasteiger partial charge in [-0.05, 0) is 0 Å². The largest absolute Gasteiger partial charge is 1.00 e. The molecule has 1 aliphatic carbocycles. The summed E-state index contributed by atoms with van der Waals surface area (Å²) >= 11 is 2.24. The Hall–Kier alpha value is 0.951. The first-order valence-corrected chi connectivity index (χ1v) is 9.71. The maximum atomic E-state index is 6.32. The van der Waals surface area contributed by atoms with Crippen LogP contribution in [0.15, 0.2) is 21.6 Å². The summed E-state index contributed by atoms with van der Waals surface area (Å²) in [6.45, 7) is 13.4. The van der Waals surface area contributed by atoms with E-state index in [2.05, 4.69) is 73.4 Å². The molecule has 0 fully saturated rings. The van der Waals surface area contributed by atoms with Crippen molar-refractivity contribution in [3.63, 3.8) is 0 Å². The quantitative estimate of drug-likeness (QED) is 0.548. The number of hydrogen-bond donors (Lipinski definition) is 0. The second-order valence-corrected chi connectivity index (χ2v) is 11.3. The molecule has 1 rings (SSSR count). The summed E-state index contributed by atoms with van der Waals surface area (Å²) in [5.41, 5.74) is 2.06. The van der Waals surface area contributed by atoms with E-state index in [1.54, 1.807) is 0 Å². The fourth-order valence-corrected chi connectivity index (χ4v) is 5.83. The Morgan fingerprint density at radius 1 is 1.28 bits per heavy atom. The topological polar surface area (TPSA) is 9.23 Å². The second kappa shape index (κ2) is 7.66. The van der Waals surface area contributed by atoms with Crippen LogP contribution in [0.3, 0.4) is 0 Å². The van der Waals surface area contributed by atoms with Gasteiger partial charge in [-0.2, -0.15) is 0 Å².